The van der Waals surface area contributed by atoms with Crippen LogP contribution < -0.4 is 0 Å². The van der Waals surface area contributed by atoms with Gasteiger partial charge in [-0.05, 0) is 24.3 Å². The highest BCUT2D eigenvalue weighted by Gasteiger charge is 2.04. The number of nitrogens with one attached hydrogen (secondary N) is 1. The van der Waals surface area contributed by atoms with Gasteiger partial charge in [0.1, 0.15) is 0 Å². The lowest BCUT2D eigenvalue weighted by Crippen LogP contribution is -1.76. The van der Waals surface area contributed by atoms with E-state index in [9.17, 15) is 0 Å². The normalized spacial score (nSPS) is 11.1. The van der Waals surface area contributed by atoms with Crippen LogP contribution in [-0.4, -0.2) is 9.97 Å². The highest BCUT2D eigenvalue weighted by atomic mass is 35.5. The molecule has 5 heteroatoms. The van der Waals surface area contributed by atoms with Crippen molar-refractivity contribution in [2.75, 3.05) is 0 Å². The van der Waals surface area contributed by atoms with E-state index in [2.05, 4.69) is 16.0 Å². The van der Waals surface area contributed by atoms with Gasteiger partial charge in [-0.3, -0.25) is 0 Å². The molecule has 0 aliphatic heterocycles. The molecular formula is C12H9ClN2S2. The van der Waals surface area contributed by atoms with Gasteiger partial charge in [0, 0.05) is 10.6 Å². The smallest absolute Gasteiger partial charge is 0.166 e. The lowest BCUT2D eigenvalue weighted by atomic mass is 10.3. The van der Waals surface area contributed by atoms with E-state index < -0.39 is 0 Å². The van der Waals surface area contributed by atoms with Gasteiger partial charge in [-0.1, -0.05) is 35.5 Å². The number of thioether (sulfide) groups is 1. The van der Waals surface area contributed by atoms with Crippen LogP contribution in [0.3, 0.4) is 0 Å². The van der Waals surface area contributed by atoms with Crippen LogP contribution in [0.15, 0.2) is 41.6 Å². The number of thiophene rings is 1. The van der Waals surface area contributed by atoms with Gasteiger partial charge in [-0.15, -0.1) is 11.3 Å². The van der Waals surface area contributed by atoms with Gasteiger partial charge in [-0.25, -0.2) is 4.98 Å². The van der Waals surface area contributed by atoms with Crippen molar-refractivity contribution < 1.29 is 0 Å². The lowest BCUT2D eigenvalue weighted by Gasteiger charge is -1.93. The molecule has 3 rings (SSSR count). The van der Waals surface area contributed by atoms with E-state index in [1.54, 1.807) is 23.1 Å². The van der Waals surface area contributed by atoms with Crippen LogP contribution in [0.25, 0.3) is 11.0 Å². The zero-order valence-electron chi connectivity index (χ0n) is 8.81. The van der Waals surface area contributed by atoms with Crippen molar-refractivity contribution in [2.45, 2.75) is 10.9 Å². The molecule has 0 radical (unpaired) electrons. The minimum Gasteiger partial charge on any atom is -0.333 e. The Morgan fingerprint density at radius 2 is 2.12 bits per heavy atom. The molecule has 2 heterocycles. The molecule has 0 atom stereocenters. The highest BCUT2D eigenvalue weighted by Crippen LogP contribution is 2.28. The van der Waals surface area contributed by atoms with E-state index in [1.165, 1.54) is 4.88 Å². The fraction of sp³-hybridized carbons (Fsp3) is 0.0833. The number of hydrogen-bond donors (Lipinski definition) is 1. The van der Waals surface area contributed by atoms with E-state index in [0.29, 0.717) is 0 Å². The van der Waals surface area contributed by atoms with Crippen LogP contribution in [0.4, 0.5) is 0 Å². The number of benzene rings is 1. The van der Waals surface area contributed by atoms with E-state index in [1.807, 2.05) is 30.3 Å². The van der Waals surface area contributed by atoms with Crippen molar-refractivity contribution >= 4 is 45.7 Å². The second kappa shape index (κ2) is 4.72. The van der Waals surface area contributed by atoms with Crippen molar-refractivity contribution in [3.63, 3.8) is 0 Å². The molecule has 1 N–H and O–H groups in total. The first-order chi connectivity index (χ1) is 8.31. The SMILES string of the molecule is Clc1ccc(CSc2nc3ccccc3[nH]2)s1. The number of nitrogens with zero attached hydrogens (tertiary/aromatic N) is 1. The summed E-state index contributed by atoms with van der Waals surface area (Å²) in [5, 5.41) is 0.954. The molecule has 86 valence electrons. The Balaban J connectivity index is 1.76. The van der Waals surface area contributed by atoms with Crippen molar-refractivity contribution in [3.05, 3.63) is 45.6 Å². The molecule has 0 saturated carbocycles. The molecule has 0 saturated heterocycles. The lowest BCUT2D eigenvalue weighted by molar-refractivity contribution is 1.08. The summed E-state index contributed by atoms with van der Waals surface area (Å²) in [5.74, 6) is 0.900. The molecule has 1 aromatic carbocycles. The molecule has 3 aromatic rings. The van der Waals surface area contributed by atoms with E-state index in [4.69, 9.17) is 11.6 Å². The number of aromatic amines is 1. The molecule has 0 aliphatic carbocycles. The predicted molar refractivity (Wildman–Crippen MR) is 75.0 cm³/mol. The number of fused-ring (bicyclic) bond motifs is 1. The number of rotatable bonds is 3. The topological polar surface area (TPSA) is 28.7 Å². The third-order valence-electron chi connectivity index (χ3n) is 2.35. The standard InChI is InChI=1S/C12H9ClN2S2/c13-11-6-5-8(17-11)7-16-12-14-9-3-1-2-4-10(9)15-12/h1-6H,7H2,(H,14,15). The van der Waals surface area contributed by atoms with Gasteiger partial charge in [0.2, 0.25) is 0 Å². The molecule has 17 heavy (non-hydrogen) atoms. The van der Waals surface area contributed by atoms with E-state index in [-0.39, 0.29) is 0 Å². The fourth-order valence-corrected chi connectivity index (χ4v) is 3.58. The molecule has 0 spiro atoms. The maximum absolute atomic E-state index is 5.89. The van der Waals surface area contributed by atoms with Gasteiger partial charge in [0.15, 0.2) is 5.16 Å². The summed E-state index contributed by atoms with van der Waals surface area (Å²) in [5.41, 5.74) is 2.10. The van der Waals surface area contributed by atoms with Gasteiger partial charge in [-0.2, -0.15) is 0 Å². The third kappa shape index (κ3) is 2.49. The summed E-state index contributed by atoms with van der Waals surface area (Å²) < 4.78 is 0.838. The zero-order chi connectivity index (χ0) is 11.7. The van der Waals surface area contributed by atoms with Crippen LogP contribution in [0, 0.1) is 0 Å². The van der Waals surface area contributed by atoms with Gasteiger partial charge < -0.3 is 4.98 Å². The molecule has 0 amide bonds. The van der Waals surface area contributed by atoms with Gasteiger partial charge in [0.25, 0.3) is 0 Å². The van der Waals surface area contributed by atoms with Gasteiger partial charge in [0.05, 0.1) is 15.4 Å². The van der Waals surface area contributed by atoms with Gasteiger partial charge >= 0.3 is 0 Å². The highest BCUT2D eigenvalue weighted by molar-refractivity contribution is 7.98. The van der Waals surface area contributed by atoms with Crippen LogP contribution >= 0.6 is 34.7 Å². The summed E-state index contributed by atoms with van der Waals surface area (Å²) >= 11 is 9.21. The number of aromatic nitrogens is 2. The maximum Gasteiger partial charge on any atom is 0.166 e. The summed E-state index contributed by atoms with van der Waals surface area (Å²) in [7, 11) is 0. The summed E-state index contributed by atoms with van der Waals surface area (Å²) in [4.78, 5) is 9.07. The Bertz CT molecular complexity index is 612. The number of hydrogen-bond acceptors (Lipinski definition) is 3. The summed E-state index contributed by atoms with van der Waals surface area (Å²) in [6.45, 7) is 0. The van der Waals surface area contributed by atoms with Crippen LogP contribution in [-0.2, 0) is 5.75 Å². The molecule has 0 unspecified atom stereocenters. The van der Waals surface area contributed by atoms with Crippen molar-refractivity contribution in [2.24, 2.45) is 0 Å². The predicted octanol–water partition coefficient (Wildman–Crippen LogP) is 4.57. The Morgan fingerprint density at radius 1 is 1.24 bits per heavy atom. The second-order valence-electron chi connectivity index (χ2n) is 3.55. The monoisotopic (exact) mass is 280 g/mol. The molecule has 0 aliphatic rings. The largest absolute Gasteiger partial charge is 0.333 e. The van der Waals surface area contributed by atoms with Crippen molar-refractivity contribution in [1.29, 1.82) is 0 Å². The summed E-state index contributed by atoms with van der Waals surface area (Å²) in [6, 6.07) is 12.0. The average molecular weight is 281 g/mol. The first-order valence-corrected chi connectivity index (χ1v) is 7.31. The summed E-state index contributed by atoms with van der Waals surface area (Å²) in [6.07, 6.45) is 0. The zero-order valence-corrected chi connectivity index (χ0v) is 11.2. The van der Waals surface area contributed by atoms with E-state index in [0.717, 1.165) is 26.3 Å². The number of H-pyrrole nitrogens is 1. The fourth-order valence-electron chi connectivity index (χ4n) is 1.57. The van der Waals surface area contributed by atoms with Crippen LogP contribution in [0.5, 0.6) is 0 Å². The minimum atomic E-state index is 0.838. The van der Waals surface area contributed by atoms with E-state index >= 15 is 0 Å². The minimum absolute atomic E-state index is 0.838. The molecule has 2 nitrogen and oxygen atoms in total. The Hall–Kier alpha value is -0.970. The molecule has 0 fully saturated rings. The van der Waals surface area contributed by atoms with Crippen LogP contribution in [0.1, 0.15) is 4.88 Å². The molecular weight excluding hydrogens is 272 g/mol. The average Bonchev–Trinajstić information content (AvgIpc) is 2.91. The molecule has 2 aromatic heterocycles. The number of halogens is 1. The Morgan fingerprint density at radius 3 is 2.88 bits per heavy atom. The Labute approximate surface area is 112 Å². The Kier molecular flexibility index (Phi) is 3.09. The first kappa shape index (κ1) is 11.1. The first-order valence-electron chi connectivity index (χ1n) is 5.13. The number of imidazole rings is 1. The van der Waals surface area contributed by atoms with Crippen molar-refractivity contribution in [3.8, 4) is 0 Å². The van der Waals surface area contributed by atoms with Crippen molar-refractivity contribution in [1.82, 2.24) is 9.97 Å². The van der Waals surface area contributed by atoms with Crippen LogP contribution in [0.2, 0.25) is 4.34 Å². The maximum atomic E-state index is 5.89. The number of para-hydroxylation sites is 2. The molecule has 0 bridgehead atoms. The quantitative estimate of drug-likeness (QED) is 0.712. The third-order valence-corrected chi connectivity index (χ3v) is 4.68. The second-order valence-corrected chi connectivity index (χ2v) is 6.32.